The normalized spacial score (nSPS) is 10.1. The predicted octanol–water partition coefficient (Wildman–Crippen LogP) is 2.25. The van der Waals surface area contributed by atoms with Crippen LogP contribution < -0.4 is 10.1 Å². The van der Waals surface area contributed by atoms with Crippen LogP contribution in [-0.2, 0) is 0 Å². The van der Waals surface area contributed by atoms with Crippen molar-refractivity contribution < 1.29 is 13.5 Å². The molecule has 0 aliphatic heterocycles. The van der Waals surface area contributed by atoms with E-state index in [1.807, 2.05) is 0 Å². The number of nitrogens with one attached hydrogen (secondary N) is 1. The molecule has 0 aliphatic carbocycles. The summed E-state index contributed by atoms with van der Waals surface area (Å²) in [5.74, 6) is -0.568. The van der Waals surface area contributed by atoms with E-state index in [1.54, 1.807) is 12.3 Å². The molecule has 0 radical (unpaired) electrons. The largest absolute Gasteiger partial charge is 0.489 e. The minimum Gasteiger partial charge on any atom is -0.489 e. The van der Waals surface area contributed by atoms with Crippen molar-refractivity contribution in [1.29, 1.82) is 0 Å². The molecule has 18 heavy (non-hydrogen) atoms. The second-order valence-electron chi connectivity index (χ2n) is 3.44. The van der Waals surface area contributed by atoms with Crippen molar-refractivity contribution in [3.63, 3.8) is 0 Å². The number of ether oxygens (including phenoxy) is 1. The van der Waals surface area contributed by atoms with E-state index < -0.39 is 11.6 Å². The lowest BCUT2D eigenvalue weighted by molar-refractivity contribution is 0.313. The Morgan fingerprint density at radius 2 is 2.11 bits per heavy atom. The van der Waals surface area contributed by atoms with E-state index in [0.717, 1.165) is 18.2 Å². The van der Waals surface area contributed by atoms with Gasteiger partial charge in [0.05, 0.1) is 6.54 Å². The van der Waals surface area contributed by atoms with Gasteiger partial charge in [-0.25, -0.2) is 18.7 Å². The van der Waals surface area contributed by atoms with E-state index in [0.29, 0.717) is 12.4 Å². The van der Waals surface area contributed by atoms with Gasteiger partial charge in [0.15, 0.2) is 11.6 Å². The summed E-state index contributed by atoms with van der Waals surface area (Å²) in [6.07, 6.45) is 3.01. The molecule has 0 aliphatic rings. The Morgan fingerprint density at radius 1 is 1.22 bits per heavy atom. The first-order valence-electron chi connectivity index (χ1n) is 5.33. The summed E-state index contributed by atoms with van der Waals surface area (Å²) in [5.41, 5.74) is 0. The van der Waals surface area contributed by atoms with Gasteiger partial charge in [-0.15, -0.1) is 0 Å². The average Bonchev–Trinajstić information content (AvgIpc) is 2.40. The molecule has 0 fully saturated rings. The Bertz CT molecular complexity index is 508. The summed E-state index contributed by atoms with van der Waals surface area (Å²) in [6.45, 7) is 0.622. The zero-order chi connectivity index (χ0) is 12.8. The van der Waals surface area contributed by atoms with Crippen LogP contribution in [0, 0.1) is 11.6 Å². The van der Waals surface area contributed by atoms with Crippen molar-refractivity contribution in [2.75, 3.05) is 18.5 Å². The van der Waals surface area contributed by atoms with E-state index in [1.165, 1.54) is 6.33 Å². The number of halogens is 2. The van der Waals surface area contributed by atoms with Crippen molar-refractivity contribution in [2.45, 2.75) is 0 Å². The molecule has 1 aromatic heterocycles. The van der Waals surface area contributed by atoms with Crippen LogP contribution in [-0.4, -0.2) is 23.1 Å². The van der Waals surface area contributed by atoms with Crippen LogP contribution >= 0.6 is 0 Å². The van der Waals surface area contributed by atoms with Crippen LogP contribution in [0.4, 0.5) is 14.6 Å². The van der Waals surface area contributed by atoms with Crippen LogP contribution in [0.1, 0.15) is 0 Å². The van der Waals surface area contributed by atoms with E-state index in [2.05, 4.69) is 15.3 Å². The van der Waals surface area contributed by atoms with Crippen molar-refractivity contribution in [1.82, 2.24) is 9.97 Å². The predicted molar refractivity (Wildman–Crippen MR) is 62.4 cm³/mol. The maximum atomic E-state index is 13.2. The van der Waals surface area contributed by atoms with Crippen LogP contribution in [0.25, 0.3) is 0 Å². The highest BCUT2D eigenvalue weighted by Crippen LogP contribution is 2.17. The summed E-state index contributed by atoms with van der Waals surface area (Å²) < 4.78 is 31.1. The third kappa shape index (κ3) is 3.38. The molecule has 94 valence electrons. The summed E-state index contributed by atoms with van der Waals surface area (Å²) in [6, 6.07) is 4.78. The maximum Gasteiger partial charge on any atom is 0.165 e. The van der Waals surface area contributed by atoms with Crippen molar-refractivity contribution in [3.05, 3.63) is 48.4 Å². The second kappa shape index (κ2) is 5.90. The molecule has 0 unspecified atom stereocenters. The molecular weight excluding hydrogens is 240 g/mol. The third-order valence-corrected chi connectivity index (χ3v) is 2.14. The lowest BCUT2D eigenvalue weighted by Gasteiger charge is -2.08. The summed E-state index contributed by atoms with van der Waals surface area (Å²) in [4.78, 5) is 7.71. The van der Waals surface area contributed by atoms with Gasteiger partial charge in [0.2, 0.25) is 0 Å². The Balaban J connectivity index is 1.80. The van der Waals surface area contributed by atoms with Gasteiger partial charge >= 0.3 is 0 Å². The summed E-state index contributed by atoms with van der Waals surface area (Å²) >= 11 is 0. The lowest BCUT2D eigenvalue weighted by atomic mass is 10.3. The lowest BCUT2D eigenvalue weighted by Crippen LogP contribution is -2.12. The van der Waals surface area contributed by atoms with Gasteiger partial charge in [-0.3, -0.25) is 0 Å². The molecule has 2 rings (SSSR count). The van der Waals surface area contributed by atoms with Gasteiger partial charge in [-0.2, -0.15) is 0 Å². The first-order chi connectivity index (χ1) is 8.75. The van der Waals surface area contributed by atoms with Gasteiger partial charge in [0.25, 0.3) is 0 Å². The van der Waals surface area contributed by atoms with E-state index >= 15 is 0 Å². The standard InChI is InChI=1S/C12H11F2N3O/c13-9-1-2-10(14)11(7-9)18-6-5-16-12-3-4-15-8-17-12/h1-4,7-8H,5-6H2,(H,15,16,17). The van der Waals surface area contributed by atoms with Crippen molar-refractivity contribution in [2.24, 2.45) is 0 Å². The maximum absolute atomic E-state index is 13.2. The van der Waals surface area contributed by atoms with E-state index in [9.17, 15) is 8.78 Å². The highest BCUT2D eigenvalue weighted by atomic mass is 19.1. The van der Waals surface area contributed by atoms with E-state index in [4.69, 9.17) is 4.74 Å². The molecule has 0 saturated heterocycles. The summed E-state index contributed by atoms with van der Waals surface area (Å²) in [5, 5.41) is 2.96. The topological polar surface area (TPSA) is 47.0 Å². The molecule has 0 atom stereocenters. The first-order valence-corrected chi connectivity index (χ1v) is 5.33. The fraction of sp³-hybridized carbons (Fsp3) is 0.167. The molecule has 0 bridgehead atoms. The van der Waals surface area contributed by atoms with Crippen LogP contribution in [0.5, 0.6) is 5.75 Å². The Morgan fingerprint density at radius 3 is 2.89 bits per heavy atom. The SMILES string of the molecule is Fc1ccc(F)c(OCCNc2ccncn2)c1. The Kier molecular flexibility index (Phi) is 4.01. The molecule has 1 N–H and O–H groups in total. The zero-order valence-electron chi connectivity index (χ0n) is 9.44. The number of aromatic nitrogens is 2. The Hall–Kier alpha value is -2.24. The highest BCUT2D eigenvalue weighted by Gasteiger charge is 2.04. The van der Waals surface area contributed by atoms with Crippen LogP contribution in [0.2, 0.25) is 0 Å². The molecule has 0 spiro atoms. The highest BCUT2D eigenvalue weighted by molar-refractivity contribution is 5.31. The van der Waals surface area contributed by atoms with Gasteiger partial charge in [0.1, 0.15) is 24.6 Å². The minimum absolute atomic E-state index is 0.0977. The molecule has 0 saturated carbocycles. The number of nitrogens with zero attached hydrogens (tertiary/aromatic N) is 2. The number of hydrogen-bond donors (Lipinski definition) is 1. The van der Waals surface area contributed by atoms with Crippen molar-refractivity contribution >= 4 is 5.82 Å². The van der Waals surface area contributed by atoms with Gasteiger partial charge in [0, 0.05) is 12.3 Å². The van der Waals surface area contributed by atoms with E-state index in [-0.39, 0.29) is 12.4 Å². The number of rotatable bonds is 5. The molecule has 1 heterocycles. The number of anilines is 1. The number of hydrogen-bond acceptors (Lipinski definition) is 4. The molecule has 6 heteroatoms. The van der Waals surface area contributed by atoms with Crippen molar-refractivity contribution in [3.8, 4) is 5.75 Å². The summed E-state index contributed by atoms with van der Waals surface area (Å²) in [7, 11) is 0. The zero-order valence-corrected chi connectivity index (χ0v) is 9.44. The molecular formula is C12H11F2N3O. The van der Waals surface area contributed by atoms with Gasteiger partial charge in [-0.05, 0) is 18.2 Å². The van der Waals surface area contributed by atoms with Crippen LogP contribution in [0.3, 0.4) is 0 Å². The quantitative estimate of drug-likeness (QED) is 0.828. The fourth-order valence-corrected chi connectivity index (χ4v) is 1.32. The number of benzene rings is 1. The fourth-order valence-electron chi connectivity index (χ4n) is 1.32. The first kappa shape index (κ1) is 12.2. The molecule has 0 amide bonds. The second-order valence-corrected chi connectivity index (χ2v) is 3.44. The minimum atomic E-state index is -0.585. The average molecular weight is 251 g/mol. The monoisotopic (exact) mass is 251 g/mol. The molecule has 2 aromatic rings. The molecule has 1 aromatic carbocycles. The smallest absolute Gasteiger partial charge is 0.165 e. The van der Waals surface area contributed by atoms with Gasteiger partial charge < -0.3 is 10.1 Å². The Labute approximate surface area is 103 Å². The van der Waals surface area contributed by atoms with Crippen LogP contribution in [0.15, 0.2) is 36.8 Å². The van der Waals surface area contributed by atoms with Gasteiger partial charge in [-0.1, -0.05) is 0 Å². The third-order valence-electron chi connectivity index (χ3n) is 2.14. The molecule has 4 nitrogen and oxygen atoms in total.